The van der Waals surface area contributed by atoms with E-state index in [4.69, 9.17) is 8.94 Å². The summed E-state index contributed by atoms with van der Waals surface area (Å²) in [6, 6.07) is 17.5. The van der Waals surface area contributed by atoms with Crippen molar-refractivity contribution >= 4 is 22.6 Å². The van der Waals surface area contributed by atoms with Gasteiger partial charge in [0.1, 0.15) is 16.9 Å². The number of amides is 1. The molecule has 1 N–H and O–H groups in total. The number of aryl methyl sites for hydroxylation is 1. The summed E-state index contributed by atoms with van der Waals surface area (Å²) in [5.74, 6) is 1.27. The Labute approximate surface area is 157 Å². The molecule has 2 aromatic carbocycles. The second-order valence-electron chi connectivity index (χ2n) is 6.84. The van der Waals surface area contributed by atoms with E-state index in [0.717, 1.165) is 22.3 Å². The van der Waals surface area contributed by atoms with Gasteiger partial charge in [0.25, 0.3) is 5.91 Å². The molecule has 0 spiro atoms. The SMILES string of the molecule is Cc1noc(C(C)C)c1C(=O)Nc1ccc(-c2cc3ccccc3o2)cc1. The second-order valence-corrected chi connectivity index (χ2v) is 6.84. The molecular formula is C22H20N2O3. The molecule has 136 valence electrons. The molecule has 0 saturated heterocycles. The van der Waals surface area contributed by atoms with Crippen LogP contribution in [0.1, 0.15) is 41.6 Å². The quantitative estimate of drug-likeness (QED) is 0.501. The molecule has 0 unspecified atom stereocenters. The lowest BCUT2D eigenvalue weighted by atomic mass is 10.0. The van der Waals surface area contributed by atoms with Crippen molar-refractivity contribution in [2.45, 2.75) is 26.7 Å². The molecule has 5 heteroatoms. The van der Waals surface area contributed by atoms with Gasteiger partial charge >= 0.3 is 0 Å². The molecule has 2 heterocycles. The first-order valence-electron chi connectivity index (χ1n) is 8.89. The molecule has 0 bridgehead atoms. The van der Waals surface area contributed by atoms with Gasteiger partial charge in [-0.15, -0.1) is 0 Å². The highest BCUT2D eigenvalue weighted by molar-refractivity contribution is 6.05. The summed E-state index contributed by atoms with van der Waals surface area (Å²) in [7, 11) is 0. The summed E-state index contributed by atoms with van der Waals surface area (Å²) in [5.41, 5.74) is 3.61. The highest BCUT2D eigenvalue weighted by Gasteiger charge is 2.22. The number of benzene rings is 2. The maximum Gasteiger partial charge on any atom is 0.261 e. The standard InChI is InChI=1S/C22H20N2O3/c1-13(2)21-20(14(3)24-27-21)22(25)23-17-10-8-15(9-11-17)19-12-16-6-4-5-7-18(16)26-19/h4-13H,1-3H3,(H,23,25). The lowest BCUT2D eigenvalue weighted by Crippen LogP contribution is -2.14. The van der Waals surface area contributed by atoms with E-state index < -0.39 is 0 Å². The van der Waals surface area contributed by atoms with Gasteiger partial charge in [0, 0.05) is 22.6 Å². The molecule has 0 aliphatic carbocycles. The molecule has 0 atom stereocenters. The number of fused-ring (bicyclic) bond motifs is 1. The molecule has 0 radical (unpaired) electrons. The van der Waals surface area contributed by atoms with E-state index in [9.17, 15) is 4.79 Å². The summed E-state index contributed by atoms with van der Waals surface area (Å²) in [4.78, 5) is 12.7. The van der Waals surface area contributed by atoms with Crippen LogP contribution in [0.5, 0.6) is 0 Å². The van der Waals surface area contributed by atoms with Crippen molar-refractivity contribution in [1.82, 2.24) is 5.16 Å². The minimum absolute atomic E-state index is 0.0856. The van der Waals surface area contributed by atoms with Gasteiger partial charge in [0.2, 0.25) is 0 Å². The Kier molecular flexibility index (Phi) is 4.28. The number of carbonyl (C=O) groups is 1. The van der Waals surface area contributed by atoms with E-state index in [2.05, 4.69) is 10.5 Å². The first-order valence-corrected chi connectivity index (χ1v) is 8.89. The Morgan fingerprint density at radius 3 is 2.52 bits per heavy atom. The van der Waals surface area contributed by atoms with Gasteiger partial charge in [-0.1, -0.05) is 37.2 Å². The van der Waals surface area contributed by atoms with Crippen LogP contribution in [0.4, 0.5) is 5.69 Å². The largest absolute Gasteiger partial charge is 0.456 e. The van der Waals surface area contributed by atoms with Crippen molar-refractivity contribution in [1.29, 1.82) is 0 Å². The van der Waals surface area contributed by atoms with Crippen LogP contribution in [0.25, 0.3) is 22.3 Å². The normalized spacial score (nSPS) is 11.3. The highest BCUT2D eigenvalue weighted by Crippen LogP contribution is 2.29. The van der Waals surface area contributed by atoms with E-state index in [0.29, 0.717) is 22.7 Å². The van der Waals surface area contributed by atoms with Crippen LogP contribution < -0.4 is 5.32 Å². The zero-order valence-electron chi connectivity index (χ0n) is 15.4. The average molecular weight is 360 g/mol. The number of aromatic nitrogens is 1. The third-order valence-electron chi connectivity index (χ3n) is 4.49. The van der Waals surface area contributed by atoms with E-state index in [1.807, 2.05) is 68.4 Å². The zero-order valence-corrected chi connectivity index (χ0v) is 15.4. The number of hydrogen-bond donors (Lipinski definition) is 1. The molecule has 4 rings (SSSR count). The van der Waals surface area contributed by atoms with Gasteiger partial charge in [0.15, 0.2) is 5.76 Å². The van der Waals surface area contributed by atoms with Crippen molar-refractivity contribution in [2.75, 3.05) is 5.32 Å². The van der Waals surface area contributed by atoms with E-state index in [1.165, 1.54) is 0 Å². The second kappa shape index (κ2) is 6.76. The molecule has 5 nitrogen and oxygen atoms in total. The van der Waals surface area contributed by atoms with Crippen molar-refractivity contribution in [3.8, 4) is 11.3 Å². The first-order chi connectivity index (χ1) is 13.0. The maximum atomic E-state index is 12.7. The third-order valence-corrected chi connectivity index (χ3v) is 4.49. The van der Waals surface area contributed by atoms with Crippen LogP contribution in [0.15, 0.2) is 63.5 Å². The average Bonchev–Trinajstić information content (AvgIpc) is 3.25. The Hall–Kier alpha value is -3.34. The number of nitrogens with one attached hydrogen (secondary N) is 1. The Balaban J connectivity index is 1.56. The lowest BCUT2D eigenvalue weighted by Gasteiger charge is -2.07. The predicted molar refractivity (Wildman–Crippen MR) is 105 cm³/mol. The number of anilines is 1. The van der Waals surface area contributed by atoms with E-state index in [1.54, 1.807) is 6.92 Å². The molecule has 0 fully saturated rings. The molecule has 2 aromatic heterocycles. The number of para-hydroxylation sites is 1. The molecule has 0 aliphatic rings. The summed E-state index contributed by atoms with van der Waals surface area (Å²) >= 11 is 0. The maximum absolute atomic E-state index is 12.7. The smallest absolute Gasteiger partial charge is 0.261 e. The molecule has 0 aliphatic heterocycles. The van der Waals surface area contributed by atoms with Gasteiger partial charge in [-0.3, -0.25) is 4.79 Å². The van der Waals surface area contributed by atoms with Crippen LogP contribution in [0.2, 0.25) is 0 Å². The highest BCUT2D eigenvalue weighted by atomic mass is 16.5. The zero-order chi connectivity index (χ0) is 19.0. The molecule has 1 amide bonds. The van der Waals surface area contributed by atoms with Crippen molar-refractivity contribution in [3.63, 3.8) is 0 Å². The summed E-state index contributed by atoms with van der Waals surface area (Å²) in [5, 5.41) is 7.91. The number of nitrogens with zero attached hydrogens (tertiary/aromatic N) is 1. The Morgan fingerprint density at radius 1 is 1.07 bits per heavy atom. The monoisotopic (exact) mass is 360 g/mol. The van der Waals surface area contributed by atoms with E-state index in [-0.39, 0.29) is 11.8 Å². The first kappa shape index (κ1) is 17.1. The Bertz CT molecular complexity index is 1070. The number of furan rings is 1. The lowest BCUT2D eigenvalue weighted by molar-refractivity contribution is 0.102. The molecule has 0 saturated carbocycles. The van der Waals surface area contributed by atoms with Crippen LogP contribution in [-0.2, 0) is 0 Å². The van der Waals surface area contributed by atoms with Crippen LogP contribution in [0.3, 0.4) is 0 Å². The van der Waals surface area contributed by atoms with Crippen LogP contribution in [0, 0.1) is 6.92 Å². The van der Waals surface area contributed by atoms with E-state index >= 15 is 0 Å². The molecular weight excluding hydrogens is 340 g/mol. The number of carbonyl (C=O) groups excluding carboxylic acids is 1. The van der Waals surface area contributed by atoms with Crippen LogP contribution in [-0.4, -0.2) is 11.1 Å². The minimum Gasteiger partial charge on any atom is -0.456 e. The van der Waals surface area contributed by atoms with Crippen molar-refractivity contribution in [3.05, 3.63) is 71.6 Å². The predicted octanol–water partition coefficient (Wildman–Crippen LogP) is 5.77. The fourth-order valence-electron chi connectivity index (χ4n) is 3.09. The van der Waals surface area contributed by atoms with Gasteiger partial charge in [-0.25, -0.2) is 0 Å². The van der Waals surface area contributed by atoms with Gasteiger partial charge in [-0.2, -0.15) is 0 Å². The van der Waals surface area contributed by atoms with Gasteiger partial charge < -0.3 is 14.3 Å². The molecule has 27 heavy (non-hydrogen) atoms. The fourth-order valence-corrected chi connectivity index (χ4v) is 3.09. The summed E-state index contributed by atoms with van der Waals surface area (Å²) < 4.78 is 11.2. The topological polar surface area (TPSA) is 68.3 Å². The van der Waals surface area contributed by atoms with Crippen LogP contribution >= 0.6 is 0 Å². The Morgan fingerprint density at radius 2 is 1.81 bits per heavy atom. The fraction of sp³-hybridized carbons (Fsp3) is 0.182. The number of rotatable bonds is 4. The summed E-state index contributed by atoms with van der Waals surface area (Å²) in [6.07, 6.45) is 0. The van der Waals surface area contributed by atoms with Crippen molar-refractivity contribution in [2.24, 2.45) is 0 Å². The van der Waals surface area contributed by atoms with Gasteiger partial charge in [0.05, 0.1) is 5.69 Å². The minimum atomic E-state index is -0.214. The van der Waals surface area contributed by atoms with Crippen molar-refractivity contribution < 1.29 is 13.7 Å². The molecule has 4 aromatic rings. The third kappa shape index (κ3) is 3.24. The van der Waals surface area contributed by atoms with Gasteiger partial charge in [-0.05, 0) is 43.3 Å². The number of hydrogen-bond acceptors (Lipinski definition) is 4. The summed E-state index contributed by atoms with van der Waals surface area (Å²) in [6.45, 7) is 5.71.